The summed E-state index contributed by atoms with van der Waals surface area (Å²) in [6.45, 7) is 14.3. The Hall–Kier alpha value is -10.9. The summed E-state index contributed by atoms with van der Waals surface area (Å²) in [7, 11) is 0. The van der Waals surface area contributed by atoms with Crippen LogP contribution >= 0.6 is 0 Å². The Morgan fingerprint density at radius 1 is 0.242 bits per heavy atom. The molecule has 4 heteroatoms. The van der Waals surface area contributed by atoms with Gasteiger partial charge in [-0.05, 0) is 195 Å². The van der Waals surface area contributed by atoms with Gasteiger partial charge in [0.05, 0.1) is 11.0 Å². The number of anilines is 6. The van der Waals surface area contributed by atoms with Crippen molar-refractivity contribution in [3.05, 3.63) is 323 Å². The quantitative estimate of drug-likeness (QED) is 0.128. The van der Waals surface area contributed by atoms with E-state index in [9.17, 15) is 0 Å². The van der Waals surface area contributed by atoms with Crippen molar-refractivity contribution in [3.63, 3.8) is 0 Å². The summed E-state index contributed by atoms with van der Waals surface area (Å²) in [4.78, 5) is 15.1. The molecule has 0 saturated heterocycles. The van der Waals surface area contributed by atoms with Crippen LogP contribution < -0.4 is 9.80 Å². The Morgan fingerprint density at radius 2 is 0.505 bits per heavy atom. The molecule has 434 valence electrons. The maximum atomic E-state index is 5.25. The lowest BCUT2D eigenvalue weighted by molar-refractivity contribution is 0.660. The lowest BCUT2D eigenvalue weighted by atomic mass is 9.81. The van der Waals surface area contributed by atoms with E-state index in [2.05, 4.69) is 343 Å². The fourth-order valence-corrected chi connectivity index (χ4v) is 15.2. The van der Waals surface area contributed by atoms with E-state index < -0.39 is 0 Å². The summed E-state index contributed by atoms with van der Waals surface area (Å²) in [6.07, 6.45) is 9.17. The minimum atomic E-state index is -0.231. The highest BCUT2D eigenvalue weighted by molar-refractivity contribution is 5.95. The molecule has 0 fully saturated rings. The monoisotopic (exact) mass is 1170 g/mol. The van der Waals surface area contributed by atoms with E-state index in [4.69, 9.17) is 9.97 Å². The predicted molar refractivity (Wildman–Crippen MR) is 385 cm³/mol. The highest BCUT2D eigenvalue weighted by Crippen LogP contribution is 2.54. The van der Waals surface area contributed by atoms with Crippen LogP contribution in [0.5, 0.6) is 0 Å². The van der Waals surface area contributed by atoms with Gasteiger partial charge < -0.3 is 0 Å². The third-order valence-corrected chi connectivity index (χ3v) is 20.2. The molecule has 3 aliphatic rings. The van der Waals surface area contributed by atoms with Crippen LogP contribution in [-0.2, 0) is 16.2 Å². The Labute approximate surface area is 532 Å². The van der Waals surface area contributed by atoms with Gasteiger partial charge in [-0.1, -0.05) is 248 Å². The first-order chi connectivity index (χ1) is 44.3. The average Bonchev–Trinajstić information content (AvgIpc) is 1.65. The average molecular weight is 1170 g/mol. The molecule has 3 aliphatic carbocycles. The third-order valence-electron chi connectivity index (χ3n) is 20.2. The molecular weight excluding hydrogens is 1100 g/mol. The lowest BCUT2D eigenvalue weighted by Crippen LogP contribution is -2.17. The van der Waals surface area contributed by atoms with E-state index in [0.29, 0.717) is 0 Å². The number of rotatable bonds is 10. The second kappa shape index (κ2) is 20.6. The molecule has 0 aliphatic heterocycles. The first kappa shape index (κ1) is 54.2. The number of nitrogens with zero attached hydrogens (tertiary/aromatic N) is 4. The topological polar surface area (TPSA) is 32.3 Å². The fourth-order valence-electron chi connectivity index (χ4n) is 15.2. The van der Waals surface area contributed by atoms with Crippen molar-refractivity contribution in [2.45, 2.75) is 57.8 Å². The van der Waals surface area contributed by atoms with Crippen LogP contribution in [-0.4, -0.2) is 9.97 Å². The molecule has 0 saturated carbocycles. The third kappa shape index (κ3) is 8.95. The zero-order chi connectivity index (χ0) is 61.3. The molecule has 17 rings (SSSR count). The van der Waals surface area contributed by atoms with Gasteiger partial charge in [0.1, 0.15) is 11.6 Å². The van der Waals surface area contributed by atoms with Gasteiger partial charge in [-0.15, -0.1) is 0 Å². The molecule has 2 heterocycles. The minimum Gasteiger partial charge on any atom is -0.295 e. The van der Waals surface area contributed by atoms with E-state index in [1.54, 1.807) is 0 Å². The van der Waals surface area contributed by atoms with Crippen molar-refractivity contribution in [3.8, 4) is 33.4 Å². The number of hydrogen-bond donors (Lipinski definition) is 0. The van der Waals surface area contributed by atoms with E-state index in [1.807, 2.05) is 0 Å². The Kier molecular flexibility index (Phi) is 12.3. The van der Waals surface area contributed by atoms with Gasteiger partial charge in [-0.25, -0.2) is 9.97 Å². The summed E-state index contributed by atoms with van der Waals surface area (Å²) >= 11 is 0. The Morgan fingerprint density at radius 3 is 0.857 bits per heavy atom. The summed E-state index contributed by atoms with van der Waals surface area (Å²) in [5, 5.41) is 7.08. The van der Waals surface area contributed by atoms with Crippen molar-refractivity contribution < 1.29 is 0 Å². The fraction of sp³-hybridized carbons (Fsp3) is 0.103. The van der Waals surface area contributed by atoms with Crippen molar-refractivity contribution in [1.29, 1.82) is 0 Å². The molecule has 4 nitrogen and oxygen atoms in total. The lowest BCUT2D eigenvalue weighted by Gasteiger charge is -2.27. The van der Waals surface area contributed by atoms with Gasteiger partial charge >= 0.3 is 0 Å². The van der Waals surface area contributed by atoms with Gasteiger partial charge in [0.2, 0.25) is 0 Å². The molecule has 12 aromatic carbocycles. The zero-order valence-corrected chi connectivity index (χ0v) is 52.0. The first-order valence-corrected chi connectivity index (χ1v) is 31.8. The van der Waals surface area contributed by atoms with Crippen LogP contribution in [0.1, 0.15) is 97.2 Å². The van der Waals surface area contributed by atoms with Crippen molar-refractivity contribution in [2.75, 3.05) is 9.80 Å². The standard InChI is InChI=1S/C87H66N4/c1-85(2)75-47-55(23-25-57-29-41-71-73-43-37-67(53-79(73)86(3,4)77(71)49-57)90(65-35-31-59-15-7-9-19-63(59)51-65)83-45-33-61-17-11-13-21-81(61)88-83)27-39-69(75)70-40-28-56(48-76(70)85)24-26-58-30-42-72-74-44-38-68(54-80(74)87(5,6)78(72)50-58)91(66-36-32-60-16-8-10-20-64(60)52-66)84-46-34-62-18-12-14-22-82(62)89-84/h7-54H,1-6H3. The van der Waals surface area contributed by atoms with Crippen LogP contribution in [0.4, 0.5) is 34.4 Å². The van der Waals surface area contributed by atoms with Crippen molar-refractivity contribution >= 4 is 102 Å². The number of pyridine rings is 2. The van der Waals surface area contributed by atoms with Crippen LogP contribution in [0.25, 0.3) is 101 Å². The van der Waals surface area contributed by atoms with Gasteiger partial charge in [-0.2, -0.15) is 0 Å². The number of benzene rings is 12. The van der Waals surface area contributed by atoms with Gasteiger partial charge in [0, 0.05) is 49.8 Å². The molecule has 0 spiro atoms. The molecule has 0 amide bonds. The molecule has 0 N–H and O–H groups in total. The molecule has 0 unspecified atom stereocenters. The smallest absolute Gasteiger partial charge is 0.138 e. The van der Waals surface area contributed by atoms with Gasteiger partial charge in [0.25, 0.3) is 0 Å². The molecule has 0 atom stereocenters. The SMILES string of the molecule is CC1(C)c2cc(C=Cc3ccc4c(c3)C(C)(C)c3cc(N(c5ccc6ccccc6c5)c5ccc6ccccc6n5)ccc3-4)ccc2-c2ccc(C=Cc3ccc4c(c3)C(C)(C)c3cc(N(c5ccc6ccccc6c5)c5ccc6ccccc6n5)ccc3-4)cc21. The second-order valence-electron chi connectivity index (χ2n) is 26.7. The van der Waals surface area contributed by atoms with E-state index in [1.165, 1.54) is 111 Å². The number of fused-ring (bicyclic) bond motifs is 13. The second-order valence-corrected chi connectivity index (χ2v) is 26.7. The summed E-state index contributed by atoms with van der Waals surface area (Å²) in [5.74, 6) is 1.78. The van der Waals surface area contributed by atoms with Crippen LogP contribution in [0, 0.1) is 0 Å². The molecule has 91 heavy (non-hydrogen) atoms. The molecule has 14 aromatic rings. The highest BCUT2D eigenvalue weighted by atomic mass is 15.2. The van der Waals surface area contributed by atoms with Crippen LogP contribution in [0.3, 0.4) is 0 Å². The summed E-state index contributed by atoms with van der Waals surface area (Å²) in [5.41, 5.74) is 26.3. The van der Waals surface area contributed by atoms with Crippen molar-refractivity contribution in [1.82, 2.24) is 9.97 Å². The maximum absolute atomic E-state index is 5.25. The van der Waals surface area contributed by atoms with Crippen molar-refractivity contribution in [2.24, 2.45) is 0 Å². The van der Waals surface area contributed by atoms with Gasteiger partial charge in [0.15, 0.2) is 0 Å². The molecule has 0 bridgehead atoms. The highest BCUT2D eigenvalue weighted by Gasteiger charge is 2.39. The van der Waals surface area contributed by atoms with E-state index in [-0.39, 0.29) is 16.2 Å². The maximum Gasteiger partial charge on any atom is 0.138 e. The number of aromatic nitrogens is 2. The predicted octanol–water partition coefficient (Wildman–Crippen LogP) is 23.3. The summed E-state index contributed by atoms with van der Waals surface area (Å²) in [6, 6.07) is 98.1. The summed E-state index contributed by atoms with van der Waals surface area (Å²) < 4.78 is 0. The van der Waals surface area contributed by atoms with Crippen LogP contribution in [0.15, 0.2) is 267 Å². The van der Waals surface area contributed by atoms with Gasteiger partial charge in [-0.3, -0.25) is 9.80 Å². The molecular formula is C87H66N4. The molecule has 0 radical (unpaired) electrons. The zero-order valence-electron chi connectivity index (χ0n) is 52.0. The first-order valence-electron chi connectivity index (χ1n) is 31.8. The Balaban J connectivity index is 0.618. The largest absolute Gasteiger partial charge is 0.295 e. The minimum absolute atomic E-state index is 0.175. The Bertz CT molecular complexity index is 4930. The number of hydrogen-bond acceptors (Lipinski definition) is 4. The van der Waals surface area contributed by atoms with E-state index >= 15 is 0 Å². The normalized spacial score (nSPS) is 14.4. The molecule has 2 aromatic heterocycles. The number of para-hydroxylation sites is 2. The van der Waals surface area contributed by atoms with E-state index in [0.717, 1.165) is 56.2 Å². The van der Waals surface area contributed by atoms with Crippen LogP contribution in [0.2, 0.25) is 0 Å².